The molecule has 0 aliphatic heterocycles. The molecule has 2 N–H and O–H groups in total. The monoisotopic (exact) mass is 297 g/mol. The maximum Gasteiger partial charge on any atom is 0.408 e. The molecule has 20 heavy (non-hydrogen) atoms. The molecule has 112 valence electrons. The number of carbonyl (C=O) groups is 1. The Balaban J connectivity index is 2.05. The van der Waals surface area contributed by atoms with Gasteiger partial charge < -0.3 is 15.2 Å². The molecule has 4 nitrogen and oxygen atoms in total. The van der Waals surface area contributed by atoms with Crippen LogP contribution in [0.4, 0.5) is 4.79 Å². The van der Waals surface area contributed by atoms with E-state index < -0.39 is 5.60 Å². The Kier molecular flexibility index (Phi) is 4.12. The number of ether oxygens (including phenoxy) is 1. The highest BCUT2D eigenvalue weighted by Gasteiger charge is 2.34. The number of alkyl carbamates (subject to hydrolysis) is 1. The Morgan fingerprint density at radius 3 is 2.85 bits per heavy atom. The van der Waals surface area contributed by atoms with Crippen LogP contribution in [0.15, 0.2) is 5.38 Å². The lowest BCUT2D eigenvalue weighted by molar-refractivity contribution is 0.0455. The third-order valence-electron chi connectivity index (χ3n) is 3.52. The summed E-state index contributed by atoms with van der Waals surface area (Å²) in [6, 6.07) is 0. The van der Waals surface area contributed by atoms with Crippen LogP contribution in [0.2, 0.25) is 0 Å². The van der Waals surface area contributed by atoms with Crippen molar-refractivity contribution in [1.82, 2.24) is 5.32 Å². The molecule has 1 atom stereocenters. The Bertz CT molecular complexity index is 504. The molecular formula is C15H23NO3S. The molecule has 0 radical (unpaired) electrons. The van der Waals surface area contributed by atoms with E-state index >= 15 is 0 Å². The smallest absolute Gasteiger partial charge is 0.408 e. The Morgan fingerprint density at radius 1 is 1.55 bits per heavy atom. The largest absolute Gasteiger partial charge is 0.444 e. The second kappa shape index (κ2) is 5.37. The molecule has 0 fully saturated rings. The van der Waals surface area contributed by atoms with Crippen LogP contribution in [0, 0.1) is 0 Å². The number of amides is 1. The first kappa shape index (κ1) is 15.3. The van der Waals surface area contributed by atoms with Gasteiger partial charge in [0.2, 0.25) is 0 Å². The van der Waals surface area contributed by atoms with Crippen LogP contribution in [0.1, 0.15) is 50.1 Å². The van der Waals surface area contributed by atoms with Gasteiger partial charge in [0.05, 0.1) is 6.61 Å². The normalized spacial score (nSPS) is 22.2. The molecule has 0 saturated heterocycles. The topological polar surface area (TPSA) is 58.6 Å². The molecule has 1 aliphatic rings. The Hall–Kier alpha value is -1.07. The summed E-state index contributed by atoms with van der Waals surface area (Å²) in [5, 5.41) is 14.4. The minimum Gasteiger partial charge on any atom is -0.444 e. The molecule has 1 amide bonds. The van der Waals surface area contributed by atoms with E-state index in [2.05, 4.69) is 17.6 Å². The molecule has 1 aliphatic carbocycles. The molecule has 0 aromatic carbocycles. The maximum absolute atomic E-state index is 11.9. The lowest BCUT2D eigenvalue weighted by Gasteiger charge is -2.35. The van der Waals surface area contributed by atoms with Gasteiger partial charge in [-0.05, 0) is 63.5 Å². The van der Waals surface area contributed by atoms with Crippen molar-refractivity contribution < 1.29 is 14.6 Å². The van der Waals surface area contributed by atoms with E-state index in [1.165, 1.54) is 11.1 Å². The number of carbonyl (C=O) groups excluding carboxylic acids is 1. The highest BCUT2D eigenvalue weighted by molar-refractivity contribution is 7.10. The number of rotatable bonds is 2. The van der Waals surface area contributed by atoms with Crippen molar-refractivity contribution in [2.24, 2.45) is 0 Å². The van der Waals surface area contributed by atoms with E-state index in [9.17, 15) is 9.90 Å². The molecule has 2 rings (SSSR count). The van der Waals surface area contributed by atoms with Gasteiger partial charge in [-0.25, -0.2) is 4.79 Å². The molecular weight excluding hydrogens is 274 g/mol. The van der Waals surface area contributed by atoms with Crippen molar-refractivity contribution in [2.75, 3.05) is 0 Å². The zero-order chi connectivity index (χ0) is 15.0. The second-order valence-corrected chi connectivity index (χ2v) is 7.65. The van der Waals surface area contributed by atoms with Crippen molar-refractivity contribution >= 4 is 17.4 Å². The van der Waals surface area contributed by atoms with E-state index in [-0.39, 0.29) is 18.2 Å². The average Bonchev–Trinajstić information content (AvgIpc) is 2.67. The summed E-state index contributed by atoms with van der Waals surface area (Å²) in [5.74, 6) is 0. The average molecular weight is 297 g/mol. The summed E-state index contributed by atoms with van der Waals surface area (Å²) in [5.41, 5.74) is 1.75. The fraction of sp³-hybridized carbons (Fsp3) is 0.667. The van der Waals surface area contributed by atoms with Gasteiger partial charge in [-0.15, -0.1) is 11.3 Å². The minimum absolute atomic E-state index is 0.107. The van der Waals surface area contributed by atoms with Crippen LogP contribution < -0.4 is 5.32 Å². The van der Waals surface area contributed by atoms with Gasteiger partial charge >= 0.3 is 6.09 Å². The zero-order valence-electron chi connectivity index (χ0n) is 12.6. The van der Waals surface area contributed by atoms with Crippen molar-refractivity contribution in [3.8, 4) is 0 Å². The van der Waals surface area contributed by atoms with Crippen LogP contribution in [-0.2, 0) is 24.2 Å². The number of hydrogen-bond donors (Lipinski definition) is 2. The fourth-order valence-electron chi connectivity index (χ4n) is 2.61. The maximum atomic E-state index is 11.9. The van der Waals surface area contributed by atoms with Crippen molar-refractivity contribution in [3.05, 3.63) is 21.4 Å². The van der Waals surface area contributed by atoms with Gasteiger partial charge in [0.15, 0.2) is 0 Å². The second-order valence-electron chi connectivity index (χ2n) is 6.69. The number of aliphatic hydroxyl groups excluding tert-OH is 1. The van der Waals surface area contributed by atoms with Crippen LogP contribution in [0.5, 0.6) is 0 Å². The highest BCUT2D eigenvalue weighted by atomic mass is 32.1. The van der Waals surface area contributed by atoms with Gasteiger partial charge in [0.25, 0.3) is 0 Å². The van der Waals surface area contributed by atoms with Gasteiger partial charge in [-0.1, -0.05) is 0 Å². The highest BCUT2D eigenvalue weighted by Crippen LogP contribution is 2.34. The Morgan fingerprint density at radius 2 is 2.25 bits per heavy atom. The molecule has 1 unspecified atom stereocenters. The molecule has 1 aromatic rings. The number of hydrogen-bond acceptors (Lipinski definition) is 4. The first-order valence-electron chi connectivity index (χ1n) is 6.92. The summed E-state index contributed by atoms with van der Waals surface area (Å²) < 4.78 is 5.33. The lowest BCUT2D eigenvalue weighted by Crippen LogP contribution is -2.51. The first-order valence-corrected chi connectivity index (χ1v) is 7.80. The molecule has 1 heterocycles. The molecule has 1 aromatic heterocycles. The molecule has 5 heteroatoms. The van der Waals surface area contributed by atoms with Crippen LogP contribution in [-0.4, -0.2) is 22.3 Å². The number of thiophene rings is 1. The van der Waals surface area contributed by atoms with E-state index in [0.29, 0.717) is 0 Å². The van der Waals surface area contributed by atoms with Gasteiger partial charge in [-0.3, -0.25) is 0 Å². The summed E-state index contributed by atoms with van der Waals surface area (Å²) in [6.45, 7) is 7.74. The summed E-state index contributed by atoms with van der Waals surface area (Å²) >= 11 is 1.60. The zero-order valence-corrected chi connectivity index (χ0v) is 13.4. The third-order valence-corrected chi connectivity index (χ3v) is 4.58. The molecule has 0 spiro atoms. The minimum atomic E-state index is -0.479. The third kappa shape index (κ3) is 3.52. The van der Waals surface area contributed by atoms with Gasteiger partial charge in [0, 0.05) is 10.4 Å². The van der Waals surface area contributed by atoms with Crippen molar-refractivity contribution in [3.63, 3.8) is 0 Å². The standard InChI is InChI=1S/C15H23NO3S/c1-14(2,3)19-13(18)16-15(4)6-5-11-10(7-15)9-20-12(11)8-17/h9,17H,5-8H2,1-4H3,(H,16,18). The van der Waals surface area contributed by atoms with E-state index in [0.717, 1.165) is 24.1 Å². The van der Waals surface area contributed by atoms with Gasteiger partial charge in [-0.2, -0.15) is 0 Å². The molecule has 0 bridgehead atoms. The molecule has 0 saturated carbocycles. The quantitative estimate of drug-likeness (QED) is 0.882. The first-order chi connectivity index (χ1) is 9.22. The number of nitrogens with one attached hydrogen (secondary N) is 1. The van der Waals surface area contributed by atoms with Crippen molar-refractivity contribution in [1.29, 1.82) is 0 Å². The number of aliphatic hydroxyl groups is 1. The number of fused-ring (bicyclic) bond motifs is 1. The summed E-state index contributed by atoms with van der Waals surface area (Å²) in [6.07, 6.45) is 2.18. The predicted octanol–water partition coefficient (Wildman–Crippen LogP) is 3.01. The predicted molar refractivity (Wildman–Crippen MR) is 80.0 cm³/mol. The van der Waals surface area contributed by atoms with Crippen molar-refractivity contribution in [2.45, 2.75) is 64.7 Å². The van der Waals surface area contributed by atoms with Crippen LogP contribution in [0.3, 0.4) is 0 Å². The SMILES string of the molecule is CC1(NC(=O)OC(C)(C)C)CCc2c(csc2CO)C1. The van der Waals surface area contributed by atoms with E-state index in [1.54, 1.807) is 11.3 Å². The van der Waals surface area contributed by atoms with Crippen LogP contribution in [0.25, 0.3) is 0 Å². The summed E-state index contributed by atoms with van der Waals surface area (Å²) in [4.78, 5) is 13.0. The van der Waals surface area contributed by atoms with Crippen LogP contribution >= 0.6 is 11.3 Å². The fourth-order valence-corrected chi connectivity index (χ4v) is 3.57. The van der Waals surface area contributed by atoms with E-state index in [1.807, 2.05) is 20.8 Å². The Labute approximate surface area is 124 Å². The van der Waals surface area contributed by atoms with E-state index in [4.69, 9.17) is 4.74 Å². The lowest BCUT2D eigenvalue weighted by atomic mass is 9.80. The summed E-state index contributed by atoms with van der Waals surface area (Å²) in [7, 11) is 0. The van der Waals surface area contributed by atoms with Gasteiger partial charge in [0.1, 0.15) is 5.60 Å².